The summed E-state index contributed by atoms with van der Waals surface area (Å²) < 4.78 is 0. The van der Waals surface area contributed by atoms with Crippen molar-refractivity contribution in [3.8, 4) is 0 Å². The van der Waals surface area contributed by atoms with Gasteiger partial charge in [-0.25, -0.2) is 0 Å². The van der Waals surface area contributed by atoms with Crippen LogP contribution < -0.4 is 0 Å². The summed E-state index contributed by atoms with van der Waals surface area (Å²) in [4.78, 5) is 0. The number of hydrogen-bond acceptors (Lipinski definition) is 2. The molecule has 0 aromatic heterocycles. The zero-order valence-electron chi connectivity index (χ0n) is 7.46. The highest BCUT2D eigenvalue weighted by Gasteiger charge is 2.04. The smallest absolute Gasteiger partial charge is 0.0160 e. The first-order valence-corrected chi connectivity index (χ1v) is 5.27. The predicted octanol–water partition coefficient (Wildman–Crippen LogP) is 3.16. The van der Waals surface area contributed by atoms with Gasteiger partial charge in [-0.05, 0) is 36.1 Å². The van der Waals surface area contributed by atoms with Gasteiger partial charge in [0.15, 0.2) is 0 Å². The van der Waals surface area contributed by atoms with E-state index in [9.17, 15) is 0 Å². The van der Waals surface area contributed by atoms with E-state index >= 15 is 0 Å². The van der Waals surface area contributed by atoms with Gasteiger partial charge in [-0.1, -0.05) is 12.1 Å². The van der Waals surface area contributed by atoms with Gasteiger partial charge in [-0.15, -0.1) is 0 Å². The standard InChI is InChI=1S/C10H14S2/c1-7-3-4-9(5-11)10(6-12)8(7)2/h3-4,11-12H,5-6H2,1-2H3. The van der Waals surface area contributed by atoms with Crippen LogP contribution in [0.5, 0.6) is 0 Å². The third-order valence-corrected chi connectivity index (χ3v) is 2.95. The van der Waals surface area contributed by atoms with E-state index in [1.165, 1.54) is 22.3 Å². The van der Waals surface area contributed by atoms with Crippen molar-refractivity contribution in [1.82, 2.24) is 0 Å². The molecule has 0 saturated heterocycles. The first kappa shape index (κ1) is 10.0. The summed E-state index contributed by atoms with van der Waals surface area (Å²) in [5, 5.41) is 0. The van der Waals surface area contributed by atoms with E-state index in [0.717, 1.165) is 11.5 Å². The highest BCUT2D eigenvalue weighted by molar-refractivity contribution is 7.79. The first-order valence-electron chi connectivity index (χ1n) is 4.00. The minimum absolute atomic E-state index is 0.803. The topological polar surface area (TPSA) is 0 Å². The van der Waals surface area contributed by atoms with Crippen molar-refractivity contribution < 1.29 is 0 Å². The molecule has 1 rings (SSSR count). The Balaban J connectivity index is 3.25. The van der Waals surface area contributed by atoms with Crippen molar-refractivity contribution in [1.29, 1.82) is 0 Å². The van der Waals surface area contributed by atoms with Crippen LogP contribution in [-0.4, -0.2) is 0 Å². The third kappa shape index (κ3) is 1.80. The molecular weight excluding hydrogens is 184 g/mol. The van der Waals surface area contributed by atoms with Gasteiger partial charge < -0.3 is 0 Å². The van der Waals surface area contributed by atoms with Crippen LogP contribution in [0.4, 0.5) is 0 Å². The average Bonchev–Trinajstić information content (AvgIpc) is 2.09. The van der Waals surface area contributed by atoms with Gasteiger partial charge in [0.2, 0.25) is 0 Å². The van der Waals surface area contributed by atoms with Crippen LogP contribution in [0, 0.1) is 13.8 Å². The molecule has 0 aliphatic rings. The lowest BCUT2D eigenvalue weighted by atomic mass is 10.00. The SMILES string of the molecule is Cc1ccc(CS)c(CS)c1C. The summed E-state index contributed by atoms with van der Waals surface area (Å²) in [6.45, 7) is 4.28. The van der Waals surface area contributed by atoms with E-state index < -0.39 is 0 Å². The summed E-state index contributed by atoms with van der Waals surface area (Å²) in [6, 6.07) is 4.29. The molecular formula is C10H14S2. The molecule has 0 radical (unpaired) electrons. The van der Waals surface area contributed by atoms with Crippen molar-refractivity contribution in [2.24, 2.45) is 0 Å². The van der Waals surface area contributed by atoms with E-state index in [0.29, 0.717) is 0 Å². The Bertz CT molecular complexity index is 279. The van der Waals surface area contributed by atoms with Crippen LogP contribution >= 0.6 is 25.3 Å². The second kappa shape index (κ2) is 4.24. The second-order valence-corrected chi connectivity index (χ2v) is 3.59. The number of thiol groups is 2. The fraction of sp³-hybridized carbons (Fsp3) is 0.400. The highest BCUT2D eigenvalue weighted by Crippen LogP contribution is 2.21. The number of benzene rings is 1. The molecule has 0 aliphatic carbocycles. The molecule has 0 heterocycles. The molecule has 0 atom stereocenters. The van der Waals surface area contributed by atoms with Crippen LogP contribution in [0.15, 0.2) is 12.1 Å². The van der Waals surface area contributed by atoms with E-state index in [1.54, 1.807) is 0 Å². The Hall–Kier alpha value is -0.0800. The Kier molecular flexibility index (Phi) is 3.53. The Morgan fingerprint density at radius 2 is 1.75 bits per heavy atom. The molecule has 0 amide bonds. The molecule has 0 fully saturated rings. The van der Waals surface area contributed by atoms with Crippen molar-refractivity contribution in [2.75, 3.05) is 0 Å². The van der Waals surface area contributed by atoms with Gasteiger partial charge in [-0.3, -0.25) is 0 Å². The molecule has 0 saturated carbocycles. The average molecular weight is 198 g/mol. The van der Waals surface area contributed by atoms with Crippen molar-refractivity contribution in [3.63, 3.8) is 0 Å². The molecule has 0 N–H and O–H groups in total. The number of aryl methyl sites for hydroxylation is 1. The molecule has 0 aliphatic heterocycles. The number of rotatable bonds is 2. The van der Waals surface area contributed by atoms with Crippen molar-refractivity contribution in [2.45, 2.75) is 25.4 Å². The monoisotopic (exact) mass is 198 g/mol. The highest BCUT2D eigenvalue weighted by atomic mass is 32.1. The van der Waals surface area contributed by atoms with Gasteiger partial charge in [0.25, 0.3) is 0 Å². The fourth-order valence-corrected chi connectivity index (χ4v) is 2.03. The first-order chi connectivity index (χ1) is 5.70. The fourth-order valence-electron chi connectivity index (χ4n) is 1.30. The largest absolute Gasteiger partial charge is 0.175 e. The van der Waals surface area contributed by atoms with Crippen LogP contribution in [-0.2, 0) is 11.5 Å². The van der Waals surface area contributed by atoms with E-state index in [-0.39, 0.29) is 0 Å². The third-order valence-electron chi connectivity index (χ3n) is 2.29. The van der Waals surface area contributed by atoms with Crippen LogP contribution in [0.1, 0.15) is 22.3 Å². The Labute approximate surface area is 85.2 Å². The van der Waals surface area contributed by atoms with Crippen LogP contribution in [0.3, 0.4) is 0 Å². The molecule has 0 nitrogen and oxygen atoms in total. The van der Waals surface area contributed by atoms with Crippen molar-refractivity contribution >= 4 is 25.3 Å². The Morgan fingerprint density at radius 1 is 1.08 bits per heavy atom. The lowest BCUT2D eigenvalue weighted by Gasteiger charge is -2.10. The van der Waals surface area contributed by atoms with E-state index in [1.807, 2.05) is 0 Å². The van der Waals surface area contributed by atoms with Gasteiger partial charge in [0.05, 0.1) is 0 Å². The normalized spacial score (nSPS) is 10.3. The zero-order valence-corrected chi connectivity index (χ0v) is 9.25. The maximum atomic E-state index is 4.32. The summed E-state index contributed by atoms with van der Waals surface area (Å²) in [7, 11) is 0. The molecule has 0 spiro atoms. The molecule has 1 aromatic rings. The molecule has 0 unspecified atom stereocenters. The zero-order chi connectivity index (χ0) is 9.14. The molecule has 66 valence electrons. The van der Waals surface area contributed by atoms with E-state index in [4.69, 9.17) is 0 Å². The molecule has 2 heteroatoms. The summed E-state index contributed by atoms with van der Waals surface area (Å²) in [5.74, 6) is 1.61. The van der Waals surface area contributed by atoms with Crippen LogP contribution in [0.25, 0.3) is 0 Å². The summed E-state index contributed by atoms with van der Waals surface area (Å²) >= 11 is 8.60. The van der Waals surface area contributed by atoms with E-state index in [2.05, 4.69) is 51.2 Å². The minimum Gasteiger partial charge on any atom is -0.175 e. The maximum absolute atomic E-state index is 4.32. The van der Waals surface area contributed by atoms with Gasteiger partial charge in [0.1, 0.15) is 0 Å². The lowest BCUT2D eigenvalue weighted by molar-refractivity contribution is 1.19. The summed E-state index contributed by atoms with van der Waals surface area (Å²) in [6.07, 6.45) is 0. The van der Waals surface area contributed by atoms with Gasteiger partial charge in [-0.2, -0.15) is 25.3 Å². The molecule has 12 heavy (non-hydrogen) atoms. The van der Waals surface area contributed by atoms with Gasteiger partial charge >= 0.3 is 0 Å². The maximum Gasteiger partial charge on any atom is 0.0160 e. The molecule has 1 aromatic carbocycles. The Morgan fingerprint density at radius 3 is 2.25 bits per heavy atom. The van der Waals surface area contributed by atoms with Crippen LogP contribution in [0.2, 0.25) is 0 Å². The predicted molar refractivity (Wildman–Crippen MR) is 61.3 cm³/mol. The van der Waals surface area contributed by atoms with Crippen molar-refractivity contribution in [3.05, 3.63) is 34.4 Å². The minimum atomic E-state index is 0.803. The summed E-state index contributed by atoms with van der Waals surface area (Å²) in [5.41, 5.74) is 5.34. The second-order valence-electron chi connectivity index (χ2n) is 2.96. The quantitative estimate of drug-likeness (QED) is 0.670. The number of hydrogen-bond donors (Lipinski definition) is 2. The lowest BCUT2D eigenvalue weighted by Crippen LogP contribution is -1.95. The van der Waals surface area contributed by atoms with Gasteiger partial charge in [0, 0.05) is 11.5 Å². The molecule has 0 bridgehead atoms.